The summed E-state index contributed by atoms with van der Waals surface area (Å²) < 4.78 is 53.3. The summed E-state index contributed by atoms with van der Waals surface area (Å²) >= 11 is 0. The molecular weight excluding hydrogens is 475 g/mol. The Labute approximate surface area is 206 Å². The van der Waals surface area contributed by atoms with Crippen LogP contribution >= 0.6 is 0 Å². The van der Waals surface area contributed by atoms with Gasteiger partial charge in [0.15, 0.2) is 6.10 Å². The van der Waals surface area contributed by atoms with E-state index in [1.807, 2.05) is 6.92 Å². The molecule has 0 aliphatic carbocycles. The average Bonchev–Trinajstić information content (AvgIpc) is 2.79. The zero-order chi connectivity index (χ0) is 26.6. The highest BCUT2D eigenvalue weighted by Crippen LogP contribution is 2.42. The van der Waals surface area contributed by atoms with Crippen LogP contribution in [0, 0.1) is 6.92 Å². The first-order valence-corrected chi connectivity index (χ1v) is 11.6. The Kier molecular flexibility index (Phi) is 6.41. The number of halogens is 3. The summed E-state index contributed by atoms with van der Waals surface area (Å²) in [6.07, 6.45) is -4.64. The molecule has 1 aliphatic heterocycles. The lowest BCUT2D eigenvalue weighted by atomic mass is 9.87. The van der Waals surface area contributed by atoms with Crippen molar-refractivity contribution in [3.8, 4) is 16.9 Å². The van der Waals surface area contributed by atoms with Gasteiger partial charge >= 0.3 is 12.1 Å². The highest BCUT2D eigenvalue weighted by Gasteiger charge is 2.35. The standard InChI is InChI=1S/C27H28F3NO5/c1-14-16-7-6-12-35-20(16)11-10-17(14)21-18-9-8-15(27(28,29)30)13-19(18)24(32)31(5)22(21)23(25(33)34)36-26(2,3)4/h8-11,13,23H,6-7,12H2,1-5H3,(H,33,34). The predicted molar refractivity (Wildman–Crippen MR) is 129 cm³/mol. The molecule has 6 nitrogen and oxygen atoms in total. The summed E-state index contributed by atoms with van der Waals surface area (Å²) in [6, 6.07) is 6.51. The van der Waals surface area contributed by atoms with E-state index in [0.717, 1.165) is 46.4 Å². The minimum Gasteiger partial charge on any atom is -0.493 e. The zero-order valence-corrected chi connectivity index (χ0v) is 20.7. The molecule has 1 N–H and O–H groups in total. The van der Waals surface area contributed by atoms with Gasteiger partial charge in [0.25, 0.3) is 5.56 Å². The molecule has 0 saturated carbocycles. The van der Waals surface area contributed by atoms with Gasteiger partial charge in [0.2, 0.25) is 0 Å². The summed E-state index contributed by atoms with van der Waals surface area (Å²) in [5, 5.41) is 10.2. The lowest BCUT2D eigenvalue weighted by Gasteiger charge is -2.29. The van der Waals surface area contributed by atoms with Crippen LogP contribution in [0.25, 0.3) is 21.9 Å². The number of hydrogen-bond donors (Lipinski definition) is 1. The minimum atomic E-state index is -4.64. The molecule has 1 unspecified atom stereocenters. The molecule has 2 aromatic carbocycles. The van der Waals surface area contributed by atoms with Crippen LogP contribution in [0.15, 0.2) is 35.1 Å². The minimum absolute atomic E-state index is 0.0643. The lowest BCUT2D eigenvalue weighted by molar-refractivity contribution is -0.161. The van der Waals surface area contributed by atoms with Crippen molar-refractivity contribution in [2.75, 3.05) is 6.61 Å². The molecule has 1 aliphatic rings. The second-order valence-corrected chi connectivity index (χ2v) is 10.00. The topological polar surface area (TPSA) is 77.8 Å². The van der Waals surface area contributed by atoms with Gasteiger partial charge < -0.3 is 19.1 Å². The Balaban J connectivity index is 2.16. The second kappa shape index (κ2) is 8.96. The van der Waals surface area contributed by atoms with Crippen molar-refractivity contribution in [3.05, 3.63) is 63.1 Å². The summed E-state index contributed by atoms with van der Waals surface area (Å²) in [7, 11) is 1.36. The van der Waals surface area contributed by atoms with Crippen LogP contribution in [0.3, 0.4) is 0 Å². The van der Waals surface area contributed by atoms with Gasteiger partial charge in [0.05, 0.1) is 23.5 Å². The first-order valence-electron chi connectivity index (χ1n) is 11.6. The number of fused-ring (bicyclic) bond motifs is 2. The van der Waals surface area contributed by atoms with Crippen molar-refractivity contribution in [2.24, 2.45) is 7.05 Å². The maximum absolute atomic E-state index is 13.5. The quantitative estimate of drug-likeness (QED) is 0.487. The molecule has 4 rings (SSSR count). The number of aliphatic carboxylic acids is 1. The maximum Gasteiger partial charge on any atom is 0.416 e. The fraction of sp³-hybridized carbons (Fsp3) is 0.407. The lowest BCUT2D eigenvalue weighted by Crippen LogP contribution is -2.33. The normalized spacial score (nSPS) is 14.9. The van der Waals surface area contributed by atoms with Gasteiger partial charge in [0.1, 0.15) is 5.75 Å². The summed E-state index contributed by atoms with van der Waals surface area (Å²) in [4.78, 5) is 25.8. The smallest absolute Gasteiger partial charge is 0.416 e. The molecule has 9 heteroatoms. The SMILES string of the molecule is Cc1c(-c2c(C(OC(C)(C)C)C(=O)O)n(C)c(=O)c3cc(C(F)(F)F)ccc23)ccc2c1CCCO2. The average molecular weight is 504 g/mol. The molecule has 0 amide bonds. The fourth-order valence-corrected chi connectivity index (χ4v) is 4.76. The van der Waals surface area contributed by atoms with E-state index >= 15 is 0 Å². The van der Waals surface area contributed by atoms with E-state index in [-0.39, 0.29) is 16.5 Å². The van der Waals surface area contributed by atoms with Crippen LogP contribution in [0.5, 0.6) is 5.75 Å². The molecule has 0 spiro atoms. The van der Waals surface area contributed by atoms with E-state index in [9.17, 15) is 27.9 Å². The molecule has 1 atom stereocenters. The number of hydrogen-bond acceptors (Lipinski definition) is 4. The van der Waals surface area contributed by atoms with Crippen LogP contribution in [0.4, 0.5) is 13.2 Å². The number of ether oxygens (including phenoxy) is 2. The third-order valence-electron chi connectivity index (χ3n) is 6.37. The number of carbonyl (C=O) groups is 1. The van der Waals surface area contributed by atoms with E-state index in [1.54, 1.807) is 32.9 Å². The zero-order valence-electron chi connectivity index (χ0n) is 20.7. The molecule has 2 heterocycles. The maximum atomic E-state index is 13.5. The number of aromatic nitrogens is 1. The van der Waals surface area contributed by atoms with E-state index in [2.05, 4.69) is 0 Å². The number of nitrogens with zero attached hydrogens (tertiary/aromatic N) is 1. The number of carboxylic acids is 1. The van der Waals surface area contributed by atoms with Gasteiger partial charge in [-0.1, -0.05) is 12.1 Å². The first-order chi connectivity index (χ1) is 16.7. The van der Waals surface area contributed by atoms with Crippen molar-refractivity contribution in [1.29, 1.82) is 0 Å². The van der Waals surface area contributed by atoms with Crippen LogP contribution in [-0.4, -0.2) is 27.9 Å². The number of carboxylic acid groups (broad SMARTS) is 1. The van der Waals surface area contributed by atoms with Crippen molar-refractivity contribution < 1.29 is 32.5 Å². The Morgan fingerprint density at radius 3 is 2.44 bits per heavy atom. The first kappa shape index (κ1) is 25.8. The molecule has 192 valence electrons. The molecule has 0 radical (unpaired) electrons. The molecule has 0 fully saturated rings. The van der Waals surface area contributed by atoms with Gasteiger partial charge in [-0.05, 0) is 80.8 Å². The number of alkyl halides is 3. The Hall–Kier alpha value is -3.33. The molecule has 0 bridgehead atoms. The highest BCUT2D eigenvalue weighted by molar-refractivity contribution is 6.00. The Bertz CT molecular complexity index is 1420. The Morgan fingerprint density at radius 1 is 1.14 bits per heavy atom. The van der Waals surface area contributed by atoms with Crippen molar-refractivity contribution in [3.63, 3.8) is 0 Å². The molecule has 36 heavy (non-hydrogen) atoms. The summed E-state index contributed by atoms with van der Waals surface area (Å²) in [5.74, 6) is -0.593. The van der Waals surface area contributed by atoms with Crippen molar-refractivity contribution >= 4 is 16.7 Å². The summed E-state index contributed by atoms with van der Waals surface area (Å²) in [6.45, 7) is 7.53. The van der Waals surface area contributed by atoms with Gasteiger partial charge in [-0.2, -0.15) is 13.2 Å². The predicted octanol–water partition coefficient (Wildman–Crippen LogP) is 5.80. The van der Waals surface area contributed by atoms with Gasteiger partial charge in [0, 0.05) is 18.0 Å². The van der Waals surface area contributed by atoms with Crippen LogP contribution in [-0.2, 0) is 29.2 Å². The largest absolute Gasteiger partial charge is 0.493 e. The van der Waals surface area contributed by atoms with Crippen molar-refractivity contribution in [2.45, 2.75) is 58.4 Å². The number of rotatable bonds is 4. The molecular formula is C27H28F3NO5. The van der Waals surface area contributed by atoms with Gasteiger partial charge in [-0.15, -0.1) is 0 Å². The highest BCUT2D eigenvalue weighted by atomic mass is 19.4. The van der Waals surface area contributed by atoms with E-state index in [4.69, 9.17) is 9.47 Å². The molecule has 3 aromatic rings. The van der Waals surface area contributed by atoms with Crippen LogP contribution < -0.4 is 10.3 Å². The van der Waals surface area contributed by atoms with E-state index in [1.165, 1.54) is 13.1 Å². The van der Waals surface area contributed by atoms with Crippen LogP contribution in [0.2, 0.25) is 0 Å². The Morgan fingerprint density at radius 2 is 1.83 bits per heavy atom. The van der Waals surface area contributed by atoms with Gasteiger partial charge in [-0.3, -0.25) is 4.79 Å². The number of benzene rings is 2. The van der Waals surface area contributed by atoms with E-state index < -0.39 is 35.0 Å². The van der Waals surface area contributed by atoms with E-state index in [0.29, 0.717) is 17.7 Å². The second-order valence-electron chi connectivity index (χ2n) is 10.00. The monoisotopic (exact) mass is 503 g/mol. The van der Waals surface area contributed by atoms with Crippen LogP contribution in [0.1, 0.15) is 55.7 Å². The third kappa shape index (κ3) is 4.59. The van der Waals surface area contributed by atoms with Gasteiger partial charge in [-0.25, -0.2) is 4.79 Å². The van der Waals surface area contributed by atoms with Crippen molar-refractivity contribution in [1.82, 2.24) is 4.57 Å². The molecule has 0 saturated heterocycles. The summed E-state index contributed by atoms with van der Waals surface area (Å²) in [5.41, 5.74) is 0.204. The third-order valence-corrected chi connectivity index (χ3v) is 6.37. The number of pyridine rings is 1. The fourth-order valence-electron chi connectivity index (χ4n) is 4.76. The molecule has 1 aromatic heterocycles.